The van der Waals surface area contributed by atoms with Gasteiger partial charge in [0.15, 0.2) is 0 Å². The molecule has 0 saturated carbocycles. The van der Waals surface area contributed by atoms with E-state index in [1.54, 1.807) is 12.1 Å². The topological polar surface area (TPSA) is 58.1 Å². The Balaban J connectivity index is 1.30. The number of hydrazine groups is 1. The number of carbonyl (C=O) groups is 1. The fourth-order valence-corrected chi connectivity index (χ4v) is 3.65. The SMILES string of the molecule is O=C(NCCCn1ccc2ccccc21)C1CNNC1c1ccc(F)cc1. The molecule has 1 aliphatic heterocycles. The number of hydrogen-bond donors (Lipinski definition) is 3. The van der Waals surface area contributed by atoms with Gasteiger partial charge in [0.1, 0.15) is 5.82 Å². The highest BCUT2D eigenvalue weighted by atomic mass is 19.1. The van der Waals surface area contributed by atoms with E-state index < -0.39 is 0 Å². The summed E-state index contributed by atoms with van der Waals surface area (Å²) >= 11 is 0. The van der Waals surface area contributed by atoms with Crippen LogP contribution < -0.4 is 16.2 Å². The number of aromatic nitrogens is 1. The molecule has 2 atom stereocenters. The van der Waals surface area contributed by atoms with E-state index >= 15 is 0 Å². The lowest BCUT2D eigenvalue weighted by atomic mass is 9.94. The molecule has 1 saturated heterocycles. The van der Waals surface area contributed by atoms with E-state index in [2.05, 4.69) is 45.1 Å². The van der Waals surface area contributed by atoms with Crippen LogP contribution >= 0.6 is 0 Å². The molecular formula is C21H23FN4O. The van der Waals surface area contributed by atoms with Crippen LogP contribution in [-0.4, -0.2) is 23.6 Å². The first-order valence-electron chi connectivity index (χ1n) is 9.28. The maximum Gasteiger partial charge on any atom is 0.226 e. The summed E-state index contributed by atoms with van der Waals surface area (Å²) < 4.78 is 15.3. The zero-order chi connectivity index (χ0) is 18.6. The molecule has 140 valence electrons. The molecule has 5 nitrogen and oxygen atoms in total. The molecule has 2 unspecified atom stereocenters. The van der Waals surface area contributed by atoms with E-state index in [1.165, 1.54) is 23.0 Å². The van der Waals surface area contributed by atoms with Gasteiger partial charge >= 0.3 is 0 Å². The zero-order valence-electron chi connectivity index (χ0n) is 15.0. The highest BCUT2D eigenvalue weighted by Crippen LogP contribution is 2.25. The Labute approximate surface area is 157 Å². The van der Waals surface area contributed by atoms with Crippen LogP contribution in [0.5, 0.6) is 0 Å². The van der Waals surface area contributed by atoms with Crippen molar-refractivity contribution in [2.45, 2.75) is 19.0 Å². The molecular weight excluding hydrogens is 343 g/mol. The van der Waals surface area contributed by atoms with Gasteiger partial charge in [-0.1, -0.05) is 30.3 Å². The van der Waals surface area contributed by atoms with E-state index in [-0.39, 0.29) is 23.7 Å². The second-order valence-corrected chi connectivity index (χ2v) is 6.87. The third kappa shape index (κ3) is 3.86. The van der Waals surface area contributed by atoms with Crippen molar-refractivity contribution < 1.29 is 9.18 Å². The minimum Gasteiger partial charge on any atom is -0.356 e. The van der Waals surface area contributed by atoms with Gasteiger partial charge < -0.3 is 9.88 Å². The lowest BCUT2D eigenvalue weighted by Gasteiger charge is -2.18. The lowest BCUT2D eigenvalue weighted by Crippen LogP contribution is -2.35. The summed E-state index contributed by atoms with van der Waals surface area (Å²) in [7, 11) is 0. The third-order valence-corrected chi connectivity index (χ3v) is 5.10. The fraction of sp³-hybridized carbons (Fsp3) is 0.286. The first kappa shape index (κ1) is 17.7. The van der Waals surface area contributed by atoms with Crippen LogP contribution in [0.2, 0.25) is 0 Å². The number of nitrogens with zero attached hydrogens (tertiary/aromatic N) is 1. The van der Waals surface area contributed by atoms with Crippen molar-refractivity contribution in [2.75, 3.05) is 13.1 Å². The first-order valence-corrected chi connectivity index (χ1v) is 9.28. The maximum atomic E-state index is 13.1. The van der Waals surface area contributed by atoms with Gasteiger partial charge in [-0.05, 0) is 41.6 Å². The quantitative estimate of drug-likeness (QED) is 0.588. The number of hydrogen-bond acceptors (Lipinski definition) is 3. The van der Waals surface area contributed by atoms with Crippen molar-refractivity contribution in [3.63, 3.8) is 0 Å². The predicted octanol–water partition coefficient (Wildman–Crippen LogP) is 2.75. The Kier molecular flexibility index (Phi) is 5.18. The molecule has 1 fully saturated rings. The number of nitrogens with one attached hydrogen (secondary N) is 3. The molecule has 0 aliphatic carbocycles. The van der Waals surface area contributed by atoms with Crippen LogP contribution in [0.1, 0.15) is 18.0 Å². The predicted molar refractivity (Wildman–Crippen MR) is 103 cm³/mol. The van der Waals surface area contributed by atoms with Gasteiger partial charge in [-0.25, -0.2) is 9.82 Å². The largest absolute Gasteiger partial charge is 0.356 e. The van der Waals surface area contributed by atoms with Crippen LogP contribution in [0.15, 0.2) is 60.8 Å². The molecule has 0 radical (unpaired) electrons. The van der Waals surface area contributed by atoms with E-state index in [9.17, 15) is 9.18 Å². The summed E-state index contributed by atoms with van der Waals surface area (Å²) in [4.78, 5) is 12.6. The Bertz CT molecular complexity index is 921. The Morgan fingerprint density at radius 1 is 1.15 bits per heavy atom. The lowest BCUT2D eigenvalue weighted by molar-refractivity contribution is -0.124. The summed E-state index contributed by atoms with van der Waals surface area (Å²) in [5.41, 5.74) is 8.28. The summed E-state index contributed by atoms with van der Waals surface area (Å²) in [6.07, 6.45) is 2.95. The second-order valence-electron chi connectivity index (χ2n) is 6.87. The van der Waals surface area contributed by atoms with E-state index in [4.69, 9.17) is 0 Å². The van der Waals surface area contributed by atoms with Crippen molar-refractivity contribution >= 4 is 16.8 Å². The van der Waals surface area contributed by atoms with Crippen LogP contribution in [-0.2, 0) is 11.3 Å². The molecule has 1 aromatic heterocycles. The van der Waals surface area contributed by atoms with E-state index in [0.29, 0.717) is 13.1 Å². The molecule has 0 spiro atoms. The van der Waals surface area contributed by atoms with E-state index in [0.717, 1.165) is 18.5 Å². The van der Waals surface area contributed by atoms with Gasteiger partial charge in [0.25, 0.3) is 0 Å². The standard InChI is InChI=1S/C21H23FN4O/c22-17-8-6-16(7-9-17)20-18(14-24-25-20)21(27)23-11-3-12-26-13-10-15-4-1-2-5-19(15)26/h1-2,4-10,13,18,20,24-25H,3,11-12,14H2,(H,23,27). The number of carbonyl (C=O) groups excluding carboxylic acids is 1. The summed E-state index contributed by atoms with van der Waals surface area (Å²) in [6.45, 7) is 2.03. The molecule has 2 heterocycles. The third-order valence-electron chi connectivity index (χ3n) is 5.10. The molecule has 4 rings (SSSR count). The monoisotopic (exact) mass is 366 g/mol. The van der Waals surface area contributed by atoms with Crippen LogP contribution in [0, 0.1) is 11.7 Å². The molecule has 1 aliphatic rings. The van der Waals surface area contributed by atoms with Crippen molar-refractivity contribution in [2.24, 2.45) is 5.92 Å². The van der Waals surface area contributed by atoms with Gasteiger partial charge in [-0.2, -0.15) is 0 Å². The van der Waals surface area contributed by atoms with Crippen LogP contribution in [0.25, 0.3) is 10.9 Å². The molecule has 0 bridgehead atoms. The fourth-order valence-electron chi connectivity index (χ4n) is 3.65. The average molecular weight is 366 g/mol. The molecule has 1 amide bonds. The van der Waals surface area contributed by atoms with Gasteiger partial charge in [0, 0.05) is 31.3 Å². The van der Waals surface area contributed by atoms with E-state index in [1.807, 2.05) is 12.1 Å². The normalized spacial score (nSPS) is 19.4. The highest BCUT2D eigenvalue weighted by Gasteiger charge is 2.33. The van der Waals surface area contributed by atoms with Crippen molar-refractivity contribution in [1.29, 1.82) is 0 Å². The van der Waals surface area contributed by atoms with Gasteiger partial charge in [-0.15, -0.1) is 0 Å². The number of rotatable bonds is 6. The molecule has 27 heavy (non-hydrogen) atoms. The number of benzene rings is 2. The highest BCUT2D eigenvalue weighted by molar-refractivity contribution is 5.80. The number of amides is 1. The van der Waals surface area contributed by atoms with Crippen LogP contribution in [0.3, 0.4) is 0 Å². The van der Waals surface area contributed by atoms with Gasteiger partial charge in [-0.3, -0.25) is 10.2 Å². The van der Waals surface area contributed by atoms with Gasteiger partial charge in [0.2, 0.25) is 5.91 Å². The molecule has 6 heteroatoms. The minimum atomic E-state index is -0.275. The Morgan fingerprint density at radius 3 is 2.81 bits per heavy atom. The number of aryl methyl sites for hydroxylation is 1. The van der Waals surface area contributed by atoms with Crippen molar-refractivity contribution in [3.05, 3.63) is 72.2 Å². The zero-order valence-corrected chi connectivity index (χ0v) is 15.0. The molecule has 3 aromatic rings. The summed E-state index contributed by atoms with van der Waals surface area (Å²) in [6, 6.07) is 16.5. The number of para-hydroxylation sites is 1. The van der Waals surface area contributed by atoms with Gasteiger partial charge in [0.05, 0.1) is 12.0 Å². The van der Waals surface area contributed by atoms with Crippen molar-refractivity contribution in [3.8, 4) is 0 Å². The summed E-state index contributed by atoms with van der Waals surface area (Å²) in [5, 5.41) is 4.27. The Morgan fingerprint density at radius 2 is 1.96 bits per heavy atom. The molecule has 3 N–H and O–H groups in total. The first-order chi connectivity index (χ1) is 13.2. The van der Waals surface area contributed by atoms with Crippen molar-refractivity contribution in [1.82, 2.24) is 20.7 Å². The minimum absolute atomic E-state index is 0.0131. The number of halogens is 1. The number of fused-ring (bicyclic) bond motifs is 1. The molecule has 2 aromatic carbocycles. The Hall–Kier alpha value is -2.70. The summed E-state index contributed by atoms with van der Waals surface area (Å²) in [5.74, 6) is -0.481. The second kappa shape index (κ2) is 7.90. The van der Waals surface area contributed by atoms with Crippen LogP contribution in [0.4, 0.5) is 4.39 Å². The maximum absolute atomic E-state index is 13.1. The smallest absolute Gasteiger partial charge is 0.226 e. The average Bonchev–Trinajstić information content (AvgIpc) is 3.33.